The normalized spacial score (nSPS) is 15.5. The van der Waals surface area contributed by atoms with Crippen molar-refractivity contribution >= 4 is 22.5 Å². The zero-order chi connectivity index (χ0) is 11.7. The number of fused-ring (bicyclic) bond motifs is 1. The van der Waals surface area contributed by atoms with Gasteiger partial charge in [0.1, 0.15) is 0 Å². The lowest BCUT2D eigenvalue weighted by Gasteiger charge is -2.26. The standard InChI is InChI=1S/C13H13N3O/c17-13(9-7-14-8-9)16-12-5-1-4-11-10(12)3-2-6-15-11/h1-6,9,14H,7-8H2,(H,16,17). The summed E-state index contributed by atoms with van der Waals surface area (Å²) in [5.74, 6) is 0.182. The van der Waals surface area contributed by atoms with Gasteiger partial charge in [-0.2, -0.15) is 0 Å². The van der Waals surface area contributed by atoms with Gasteiger partial charge in [-0.1, -0.05) is 6.07 Å². The molecule has 1 aromatic carbocycles. The summed E-state index contributed by atoms with van der Waals surface area (Å²) in [6.45, 7) is 1.55. The summed E-state index contributed by atoms with van der Waals surface area (Å²) in [6, 6.07) is 9.60. The van der Waals surface area contributed by atoms with Gasteiger partial charge in [-0.3, -0.25) is 9.78 Å². The maximum Gasteiger partial charge on any atom is 0.230 e. The molecule has 2 N–H and O–H groups in total. The number of pyridine rings is 1. The van der Waals surface area contributed by atoms with E-state index in [1.54, 1.807) is 6.20 Å². The van der Waals surface area contributed by atoms with Gasteiger partial charge < -0.3 is 10.6 Å². The molecule has 1 aromatic heterocycles. The van der Waals surface area contributed by atoms with Crippen LogP contribution in [0, 0.1) is 5.92 Å². The summed E-state index contributed by atoms with van der Waals surface area (Å²) in [7, 11) is 0. The Labute approximate surface area is 99.0 Å². The van der Waals surface area contributed by atoms with E-state index in [0.29, 0.717) is 0 Å². The zero-order valence-electron chi connectivity index (χ0n) is 9.31. The van der Waals surface area contributed by atoms with Gasteiger partial charge in [0.05, 0.1) is 17.1 Å². The van der Waals surface area contributed by atoms with E-state index in [4.69, 9.17) is 0 Å². The van der Waals surface area contributed by atoms with Gasteiger partial charge in [-0.05, 0) is 24.3 Å². The summed E-state index contributed by atoms with van der Waals surface area (Å²) in [6.07, 6.45) is 1.75. The van der Waals surface area contributed by atoms with Gasteiger partial charge in [0.15, 0.2) is 0 Å². The molecule has 1 aliphatic rings. The highest BCUT2D eigenvalue weighted by Gasteiger charge is 2.24. The van der Waals surface area contributed by atoms with Crippen molar-refractivity contribution < 1.29 is 4.79 Å². The third-order valence-electron chi connectivity index (χ3n) is 3.06. The molecule has 1 saturated heterocycles. The minimum Gasteiger partial charge on any atom is -0.325 e. The highest BCUT2D eigenvalue weighted by Crippen LogP contribution is 2.22. The van der Waals surface area contributed by atoms with Crippen LogP contribution in [0.1, 0.15) is 0 Å². The van der Waals surface area contributed by atoms with Crippen molar-refractivity contribution in [3.63, 3.8) is 0 Å². The second-order valence-electron chi connectivity index (χ2n) is 4.22. The first-order chi connectivity index (χ1) is 8.34. The number of aromatic nitrogens is 1. The van der Waals surface area contributed by atoms with E-state index < -0.39 is 0 Å². The summed E-state index contributed by atoms with van der Waals surface area (Å²) in [5, 5.41) is 7.04. The van der Waals surface area contributed by atoms with Gasteiger partial charge >= 0.3 is 0 Å². The Morgan fingerprint density at radius 3 is 2.94 bits per heavy atom. The van der Waals surface area contributed by atoms with E-state index in [1.165, 1.54) is 0 Å². The van der Waals surface area contributed by atoms with E-state index in [9.17, 15) is 4.79 Å². The maximum atomic E-state index is 11.9. The molecule has 0 unspecified atom stereocenters. The largest absolute Gasteiger partial charge is 0.325 e. The first-order valence-electron chi connectivity index (χ1n) is 5.70. The number of amides is 1. The predicted molar refractivity (Wildman–Crippen MR) is 66.7 cm³/mol. The summed E-state index contributed by atoms with van der Waals surface area (Å²) >= 11 is 0. The molecule has 0 aliphatic carbocycles. The first-order valence-corrected chi connectivity index (χ1v) is 5.70. The van der Waals surface area contributed by atoms with Crippen molar-refractivity contribution in [1.29, 1.82) is 0 Å². The van der Waals surface area contributed by atoms with Gasteiger partial charge in [0.2, 0.25) is 5.91 Å². The minimum absolute atomic E-state index is 0.0834. The van der Waals surface area contributed by atoms with Crippen LogP contribution in [0.15, 0.2) is 36.5 Å². The Hall–Kier alpha value is -1.94. The van der Waals surface area contributed by atoms with Crippen molar-refractivity contribution in [3.05, 3.63) is 36.5 Å². The Morgan fingerprint density at radius 2 is 2.18 bits per heavy atom. The SMILES string of the molecule is O=C(Nc1cccc2ncccc12)C1CNC1. The molecule has 4 heteroatoms. The third kappa shape index (κ3) is 1.87. The number of benzene rings is 1. The Balaban J connectivity index is 1.91. The molecular weight excluding hydrogens is 214 g/mol. The van der Waals surface area contributed by atoms with E-state index in [2.05, 4.69) is 15.6 Å². The van der Waals surface area contributed by atoms with Gasteiger partial charge in [0.25, 0.3) is 0 Å². The maximum absolute atomic E-state index is 11.9. The molecule has 86 valence electrons. The second-order valence-corrected chi connectivity index (χ2v) is 4.22. The van der Waals surface area contributed by atoms with Crippen LogP contribution in [0.3, 0.4) is 0 Å². The van der Waals surface area contributed by atoms with Crippen LogP contribution < -0.4 is 10.6 Å². The van der Waals surface area contributed by atoms with Crippen LogP contribution in [0.4, 0.5) is 5.69 Å². The molecule has 0 radical (unpaired) electrons. The predicted octanol–water partition coefficient (Wildman–Crippen LogP) is 1.39. The molecule has 2 aromatic rings. The summed E-state index contributed by atoms with van der Waals surface area (Å²) < 4.78 is 0. The fourth-order valence-electron chi connectivity index (χ4n) is 1.92. The molecule has 3 rings (SSSR count). The smallest absolute Gasteiger partial charge is 0.230 e. The number of carbonyl (C=O) groups is 1. The molecule has 0 saturated carbocycles. The quantitative estimate of drug-likeness (QED) is 0.815. The van der Waals surface area contributed by atoms with Crippen LogP contribution in [0.5, 0.6) is 0 Å². The fourth-order valence-corrected chi connectivity index (χ4v) is 1.92. The Bertz CT molecular complexity index is 558. The number of carbonyl (C=O) groups excluding carboxylic acids is 1. The molecule has 1 fully saturated rings. The number of nitrogens with one attached hydrogen (secondary N) is 2. The van der Waals surface area contributed by atoms with Crippen LogP contribution in [0.25, 0.3) is 10.9 Å². The van der Waals surface area contributed by atoms with E-state index >= 15 is 0 Å². The highest BCUT2D eigenvalue weighted by molar-refractivity contribution is 6.02. The minimum atomic E-state index is 0.0834. The number of hydrogen-bond acceptors (Lipinski definition) is 3. The first kappa shape index (κ1) is 10.2. The number of rotatable bonds is 2. The number of hydrogen-bond donors (Lipinski definition) is 2. The lowest BCUT2D eigenvalue weighted by molar-refractivity contribution is -0.121. The van der Waals surface area contributed by atoms with Crippen LogP contribution in [0.2, 0.25) is 0 Å². The van der Waals surface area contributed by atoms with Gasteiger partial charge in [-0.25, -0.2) is 0 Å². The lowest BCUT2D eigenvalue weighted by atomic mass is 10.0. The topological polar surface area (TPSA) is 54.0 Å². The molecule has 2 heterocycles. The summed E-state index contributed by atoms with van der Waals surface area (Å²) in [4.78, 5) is 16.1. The molecule has 0 bridgehead atoms. The number of nitrogens with zero attached hydrogens (tertiary/aromatic N) is 1. The Morgan fingerprint density at radius 1 is 1.29 bits per heavy atom. The molecule has 0 spiro atoms. The summed E-state index contributed by atoms with van der Waals surface area (Å²) in [5.41, 5.74) is 1.74. The van der Waals surface area contributed by atoms with Crippen molar-refractivity contribution in [3.8, 4) is 0 Å². The molecular formula is C13H13N3O. The van der Waals surface area contributed by atoms with Crippen molar-refractivity contribution in [2.45, 2.75) is 0 Å². The molecule has 1 aliphatic heterocycles. The van der Waals surface area contributed by atoms with Crippen molar-refractivity contribution in [2.24, 2.45) is 5.92 Å². The fraction of sp³-hybridized carbons (Fsp3) is 0.231. The lowest BCUT2D eigenvalue weighted by Crippen LogP contribution is -2.48. The molecule has 1 amide bonds. The van der Waals surface area contributed by atoms with Crippen molar-refractivity contribution in [1.82, 2.24) is 10.3 Å². The van der Waals surface area contributed by atoms with Crippen LogP contribution >= 0.6 is 0 Å². The van der Waals surface area contributed by atoms with E-state index in [-0.39, 0.29) is 11.8 Å². The third-order valence-corrected chi connectivity index (χ3v) is 3.06. The van der Waals surface area contributed by atoms with Gasteiger partial charge in [0, 0.05) is 24.7 Å². The van der Waals surface area contributed by atoms with Crippen LogP contribution in [-0.2, 0) is 4.79 Å². The molecule has 0 atom stereocenters. The van der Waals surface area contributed by atoms with Gasteiger partial charge in [-0.15, -0.1) is 0 Å². The number of anilines is 1. The van der Waals surface area contributed by atoms with Crippen LogP contribution in [-0.4, -0.2) is 24.0 Å². The van der Waals surface area contributed by atoms with E-state index in [1.807, 2.05) is 30.3 Å². The zero-order valence-corrected chi connectivity index (χ0v) is 9.31. The Kier molecular flexibility index (Phi) is 2.49. The molecule has 4 nitrogen and oxygen atoms in total. The highest BCUT2D eigenvalue weighted by atomic mass is 16.2. The monoisotopic (exact) mass is 227 g/mol. The molecule has 17 heavy (non-hydrogen) atoms. The second kappa shape index (κ2) is 4.14. The average molecular weight is 227 g/mol. The van der Waals surface area contributed by atoms with E-state index in [0.717, 1.165) is 29.7 Å². The average Bonchev–Trinajstić information content (AvgIpc) is 2.27. The van der Waals surface area contributed by atoms with Crippen molar-refractivity contribution in [2.75, 3.05) is 18.4 Å².